The number of benzene rings is 2. The second kappa shape index (κ2) is 9.56. The van der Waals surface area contributed by atoms with Crippen LogP contribution >= 0.6 is 0 Å². The van der Waals surface area contributed by atoms with E-state index < -0.39 is 10.0 Å². The normalized spacial score (nSPS) is 18.1. The maximum atomic E-state index is 13.1. The summed E-state index contributed by atoms with van der Waals surface area (Å²) in [6.07, 6.45) is 1.14. The van der Waals surface area contributed by atoms with Gasteiger partial charge in [-0.2, -0.15) is 4.31 Å². The molecule has 33 heavy (non-hydrogen) atoms. The lowest BCUT2D eigenvalue weighted by atomic mass is 10.1. The van der Waals surface area contributed by atoms with E-state index in [1.165, 1.54) is 42.8 Å². The smallest absolute Gasteiger partial charge is 0.320 e. The number of halogens is 1. The maximum absolute atomic E-state index is 13.1. The van der Waals surface area contributed by atoms with E-state index in [1.54, 1.807) is 23.1 Å². The van der Waals surface area contributed by atoms with Crippen molar-refractivity contribution in [2.45, 2.75) is 30.3 Å². The predicted octanol–water partition coefficient (Wildman–Crippen LogP) is 2.93. The quantitative estimate of drug-likeness (QED) is 0.613. The number of sulfonamides is 1. The van der Waals surface area contributed by atoms with E-state index in [2.05, 4.69) is 0 Å². The molecule has 10 heteroatoms. The summed E-state index contributed by atoms with van der Waals surface area (Å²) in [5.41, 5.74) is 0.877. The molecule has 2 aromatic carbocycles. The Hall–Kier alpha value is -2.85. The average Bonchev–Trinajstić information content (AvgIpc) is 3.19. The first-order valence-electron chi connectivity index (χ1n) is 10.9. The van der Waals surface area contributed by atoms with Gasteiger partial charge in [-0.05, 0) is 42.7 Å². The van der Waals surface area contributed by atoms with Crippen LogP contribution in [0.1, 0.15) is 18.4 Å². The van der Waals surface area contributed by atoms with Crippen molar-refractivity contribution in [3.05, 3.63) is 53.8 Å². The molecule has 2 saturated heterocycles. The highest BCUT2D eigenvalue weighted by Gasteiger charge is 2.37. The molecule has 0 N–H and O–H groups in total. The Labute approximate surface area is 193 Å². The summed E-state index contributed by atoms with van der Waals surface area (Å²) in [5.74, 6) is 0.521. The van der Waals surface area contributed by atoms with Gasteiger partial charge in [-0.15, -0.1) is 0 Å². The van der Waals surface area contributed by atoms with E-state index in [-0.39, 0.29) is 22.8 Å². The second-order valence-corrected chi connectivity index (χ2v) is 10.1. The number of hydrogen-bond donors (Lipinski definition) is 0. The largest absolute Gasteiger partial charge is 0.493 e. The first-order valence-corrected chi connectivity index (χ1v) is 12.3. The summed E-state index contributed by atoms with van der Waals surface area (Å²) in [7, 11) is -0.720. The fourth-order valence-corrected chi connectivity index (χ4v) is 5.90. The van der Waals surface area contributed by atoms with Crippen molar-refractivity contribution in [3.63, 3.8) is 0 Å². The van der Waals surface area contributed by atoms with Crippen molar-refractivity contribution < 1.29 is 27.1 Å². The highest BCUT2D eigenvalue weighted by atomic mass is 32.2. The highest BCUT2D eigenvalue weighted by molar-refractivity contribution is 7.89. The number of urea groups is 1. The standard InChI is InChI=1S/C23H28FN3O5S/c1-31-21-8-7-20(15-22(21)32-2)33(29,30)26-11-9-19(10-12-26)27-14-13-25(23(27)28)16-17-3-5-18(24)6-4-17/h3-8,15,19H,9-14,16H2,1-2H3. The second-order valence-electron chi connectivity index (χ2n) is 8.18. The lowest BCUT2D eigenvalue weighted by molar-refractivity contribution is 0.153. The van der Waals surface area contributed by atoms with Crippen LogP contribution in [0.25, 0.3) is 0 Å². The lowest BCUT2D eigenvalue weighted by Gasteiger charge is -2.36. The minimum absolute atomic E-state index is 0.00688. The van der Waals surface area contributed by atoms with Gasteiger partial charge in [0.1, 0.15) is 5.82 Å². The third-order valence-electron chi connectivity index (χ3n) is 6.27. The number of ether oxygens (including phenoxy) is 2. The van der Waals surface area contributed by atoms with Crippen molar-refractivity contribution in [2.24, 2.45) is 0 Å². The highest BCUT2D eigenvalue weighted by Crippen LogP contribution is 2.32. The van der Waals surface area contributed by atoms with Gasteiger partial charge >= 0.3 is 6.03 Å². The van der Waals surface area contributed by atoms with Gasteiger partial charge in [0.2, 0.25) is 10.0 Å². The molecular formula is C23H28FN3O5S. The summed E-state index contributed by atoms with van der Waals surface area (Å²) in [6, 6.07) is 10.7. The molecule has 0 bridgehead atoms. The molecule has 0 aliphatic carbocycles. The summed E-state index contributed by atoms with van der Waals surface area (Å²) in [5, 5.41) is 0. The van der Waals surface area contributed by atoms with E-state index in [4.69, 9.17) is 9.47 Å². The Morgan fingerprint density at radius 3 is 2.24 bits per heavy atom. The van der Waals surface area contributed by atoms with Crippen LogP contribution in [-0.2, 0) is 16.6 Å². The van der Waals surface area contributed by atoms with Crippen LogP contribution in [0.2, 0.25) is 0 Å². The molecule has 4 rings (SSSR count). The van der Waals surface area contributed by atoms with Gasteiger partial charge in [-0.1, -0.05) is 12.1 Å². The van der Waals surface area contributed by atoms with E-state index in [1.807, 2.05) is 4.90 Å². The Balaban J connectivity index is 1.37. The molecule has 2 amide bonds. The van der Waals surface area contributed by atoms with Crippen molar-refractivity contribution >= 4 is 16.1 Å². The van der Waals surface area contributed by atoms with Gasteiger partial charge in [0.25, 0.3) is 0 Å². The lowest BCUT2D eigenvalue weighted by Crippen LogP contribution is -2.47. The fourth-order valence-electron chi connectivity index (χ4n) is 4.42. The average molecular weight is 478 g/mol. The Morgan fingerprint density at radius 2 is 1.61 bits per heavy atom. The third kappa shape index (κ3) is 4.77. The van der Waals surface area contributed by atoms with Crippen LogP contribution in [0.3, 0.4) is 0 Å². The van der Waals surface area contributed by atoms with E-state index in [0.717, 1.165) is 5.56 Å². The van der Waals surface area contributed by atoms with Crippen molar-refractivity contribution in [1.82, 2.24) is 14.1 Å². The number of carbonyl (C=O) groups excluding carboxylic acids is 1. The molecule has 178 valence electrons. The SMILES string of the molecule is COc1ccc(S(=O)(=O)N2CCC(N3CCN(Cc4ccc(F)cc4)C3=O)CC2)cc1OC. The molecule has 0 unspecified atom stereocenters. The molecule has 0 radical (unpaired) electrons. The summed E-state index contributed by atoms with van der Waals surface area (Å²) in [4.78, 5) is 16.7. The summed E-state index contributed by atoms with van der Waals surface area (Å²) >= 11 is 0. The first kappa shape index (κ1) is 23.3. The molecule has 2 heterocycles. The molecular weight excluding hydrogens is 449 g/mol. The van der Waals surface area contributed by atoms with Crippen LogP contribution in [0, 0.1) is 5.82 Å². The van der Waals surface area contributed by atoms with Crippen molar-refractivity contribution in [1.29, 1.82) is 0 Å². The van der Waals surface area contributed by atoms with Crippen molar-refractivity contribution in [2.75, 3.05) is 40.4 Å². The molecule has 0 spiro atoms. The zero-order valence-electron chi connectivity index (χ0n) is 18.7. The number of piperidine rings is 1. The van der Waals surface area contributed by atoms with Crippen molar-refractivity contribution in [3.8, 4) is 11.5 Å². The molecule has 2 aliphatic rings. The fraction of sp³-hybridized carbons (Fsp3) is 0.435. The molecule has 0 atom stereocenters. The minimum atomic E-state index is -3.68. The Morgan fingerprint density at radius 1 is 0.939 bits per heavy atom. The number of rotatable bonds is 7. The molecule has 0 saturated carbocycles. The molecule has 2 aliphatic heterocycles. The van der Waals surface area contributed by atoms with Crippen LogP contribution in [0.4, 0.5) is 9.18 Å². The maximum Gasteiger partial charge on any atom is 0.320 e. The van der Waals surface area contributed by atoms with Gasteiger partial charge in [0.05, 0.1) is 19.1 Å². The van der Waals surface area contributed by atoms with E-state index in [0.29, 0.717) is 57.1 Å². The molecule has 0 aromatic heterocycles. The Kier molecular flexibility index (Phi) is 6.76. The topological polar surface area (TPSA) is 79.4 Å². The van der Waals surface area contributed by atoms with Gasteiger partial charge < -0.3 is 19.3 Å². The van der Waals surface area contributed by atoms with Gasteiger partial charge in [0.15, 0.2) is 11.5 Å². The van der Waals surface area contributed by atoms with Gasteiger partial charge in [-0.25, -0.2) is 17.6 Å². The van der Waals surface area contributed by atoms with Gasteiger partial charge in [-0.3, -0.25) is 0 Å². The monoisotopic (exact) mass is 477 g/mol. The van der Waals surface area contributed by atoms with Crippen LogP contribution < -0.4 is 9.47 Å². The number of methoxy groups -OCH3 is 2. The third-order valence-corrected chi connectivity index (χ3v) is 8.17. The number of carbonyl (C=O) groups is 1. The minimum Gasteiger partial charge on any atom is -0.493 e. The van der Waals surface area contributed by atoms with Gasteiger partial charge in [0, 0.05) is 44.8 Å². The van der Waals surface area contributed by atoms with E-state index in [9.17, 15) is 17.6 Å². The number of amides is 2. The first-order chi connectivity index (χ1) is 15.8. The van der Waals surface area contributed by atoms with E-state index >= 15 is 0 Å². The molecule has 2 aromatic rings. The summed E-state index contributed by atoms with van der Waals surface area (Å²) in [6.45, 7) is 2.31. The summed E-state index contributed by atoms with van der Waals surface area (Å²) < 4.78 is 51.3. The molecule has 2 fully saturated rings. The van der Waals surface area contributed by atoms with Crippen LogP contribution in [-0.4, -0.2) is 75.0 Å². The number of hydrogen-bond acceptors (Lipinski definition) is 5. The zero-order valence-corrected chi connectivity index (χ0v) is 19.6. The van der Waals surface area contributed by atoms with Crippen LogP contribution in [0.5, 0.6) is 11.5 Å². The Bertz CT molecular complexity index is 1100. The molecule has 8 nitrogen and oxygen atoms in total. The zero-order chi connectivity index (χ0) is 23.6. The van der Waals surface area contributed by atoms with Crippen LogP contribution in [0.15, 0.2) is 47.4 Å². The number of nitrogens with zero attached hydrogens (tertiary/aromatic N) is 3. The predicted molar refractivity (Wildman–Crippen MR) is 120 cm³/mol.